The molecule has 122 valence electrons. The van der Waals surface area contributed by atoms with Gasteiger partial charge in [-0.1, -0.05) is 29.3 Å². The Morgan fingerprint density at radius 3 is 2.96 bits per heavy atom. The van der Waals surface area contributed by atoms with E-state index in [1.54, 1.807) is 17.4 Å². The van der Waals surface area contributed by atoms with Gasteiger partial charge in [0, 0.05) is 18.0 Å². The summed E-state index contributed by atoms with van der Waals surface area (Å²) in [5.74, 6) is 1.72. The van der Waals surface area contributed by atoms with Gasteiger partial charge < -0.3 is 10.1 Å². The minimum Gasteiger partial charge on any atom is -0.492 e. The van der Waals surface area contributed by atoms with Gasteiger partial charge in [-0.05, 0) is 59.7 Å². The molecule has 1 aromatic carbocycles. The van der Waals surface area contributed by atoms with E-state index < -0.39 is 0 Å². The Bertz CT molecular complexity index is 676. The first kappa shape index (κ1) is 15.8. The van der Waals surface area contributed by atoms with Crippen molar-refractivity contribution in [2.75, 3.05) is 6.61 Å². The van der Waals surface area contributed by atoms with Crippen molar-refractivity contribution >= 4 is 34.5 Å². The van der Waals surface area contributed by atoms with Crippen LogP contribution < -0.4 is 10.1 Å². The molecule has 23 heavy (non-hydrogen) atoms. The molecule has 2 nitrogen and oxygen atoms in total. The monoisotopic (exact) mass is 367 g/mol. The van der Waals surface area contributed by atoms with Crippen LogP contribution in [0.25, 0.3) is 0 Å². The topological polar surface area (TPSA) is 21.3 Å². The molecule has 0 aliphatic carbocycles. The summed E-state index contributed by atoms with van der Waals surface area (Å²) in [7, 11) is 0. The van der Waals surface area contributed by atoms with E-state index in [1.807, 2.05) is 12.1 Å². The maximum Gasteiger partial charge on any atom is 0.139 e. The first-order chi connectivity index (χ1) is 11.2. The van der Waals surface area contributed by atoms with Gasteiger partial charge in [-0.25, -0.2) is 0 Å². The van der Waals surface area contributed by atoms with Gasteiger partial charge in [0.2, 0.25) is 0 Å². The minimum atomic E-state index is 0.471. The number of piperidine rings is 1. The van der Waals surface area contributed by atoms with Crippen LogP contribution in [0.1, 0.15) is 30.7 Å². The Hall–Kier alpha value is -0.740. The van der Waals surface area contributed by atoms with E-state index in [-0.39, 0.29) is 0 Å². The molecule has 5 heteroatoms. The maximum atomic E-state index is 6.25. The van der Waals surface area contributed by atoms with Crippen molar-refractivity contribution in [3.05, 3.63) is 50.6 Å². The average Bonchev–Trinajstić information content (AvgIpc) is 3.20. The summed E-state index contributed by atoms with van der Waals surface area (Å²) in [4.78, 5) is 0. The van der Waals surface area contributed by atoms with Gasteiger partial charge in [0.1, 0.15) is 10.8 Å². The van der Waals surface area contributed by atoms with Crippen LogP contribution in [0.3, 0.4) is 0 Å². The predicted octanol–water partition coefficient (Wildman–Crippen LogP) is 5.36. The highest BCUT2D eigenvalue weighted by Crippen LogP contribution is 2.43. The Morgan fingerprint density at radius 1 is 1.22 bits per heavy atom. The number of benzene rings is 1. The fraction of sp³-hybridized carbons (Fsp3) is 0.444. The van der Waals surface area contributed by atoms with Crippen LogP contribution in [-0.2, 0) is 0 Å². The highest BCUT2D eigenvalue weighted by Gasteiger charge is 2.42. The van der Waals surface area contributed by atoms with E-state index in [1.165, 1.54) is 24.8 Å². The summed E-state index contributed by atoms with van der Waals surface area (Å²) < 4.78 is 6.08. The first-order valence-electron chi connectivity index (χ1n) is 8.07. The normalized spacial score (nSPS) is 29.7. The largest absolute Gasteiger partial charge is 0.492 e. The van der Waals surface area contributed by atoms with E-state index in [2.05, 4.69) is 22.1 Å². The van der Waals surface area contributed by atoms with E-state index in [9.17, 15) is 0 Å². The summed E-state index contributed by atoms with van der Waals surface area (Å²) in [5.41, 5.74) is 1.46. The number of thiophene rings is 1. The van der Waals surface area contributed by atoms with Crippen molar-refractivity contribution in [2.45, 2.75) is 37.3 Å². The molecule has 0 radical (unpaired) electrons. The van der Waals surface area contributed by atoms with Crippen LogP contribution in [0.2, 0.25) is 10.0 Å². The molecule has 2 bridgehead atoms. The van der Waals surface area contributed by atoms with Gasteiger partial charge in [0.15, 0.2) is 0 Å². The highest BCUT2D eigenvalue weighted by atomic mass is 35.5. The van der Waals surface area contributed by atoms with Crippen LogP contribution in [0.4, 0.5) is 0 Å². The predicted molar refractivity (Wildman–Crippen MR) is 97.1 cm³/mol. The second-order valence-electron chi connectivity index (χ2n) is 6.47. The molecule has 2 saturated heterocycles. The smallest absolute Gasteiger partial charge is 0.139 e. The number of fused-ring (bicyclic) bond motifs is 2. The van der Waals surface area contributed by atoms with Crippen molar-refractivity contribution in [2.24, 2.45) is 5.92 Å². The van der Waals surface area contributed by atoms with Crippen LogP contribution >= 0.6 is 34.5 Å². The molecule has 2 fully saturated rings. The van der Waals surface area contributed by atoms with Gasteiger partial charge >= 0.3 is 0 Å². The zero-order chi connectivity index (χ0) is 15.8. The van der Waals surface area contributed by atoms with Crippen LogP contribution in [-0.4, -0.2) is 18.7 Å². The van der Waals surface area contributed by atoms with E-state index >= 15 is 0 Å². The molecular formula is C18H19Cl2NOS. The molecular weight excluding hydrogens is 349 g/mol. The highest BCUT2D eigenvalue weighted by molar-refractivity contribution is 7.08. The minimum absolute atomic E-state index is 0.471. The van der Waals surface area contributed by atoms with Crippen LogP contribution in [0, 0.1) is 5.92 Å². The van der Waals surface area contributed by atoms with Crippen molar-refractivity contribution in [1.29, 1.82) is 0 Å². The zero-order valence-electron chi connectivity index (χ0n) is 12.7. The van der Waals surface area contributed by atoms with E-state index in [0.29, 0.717) is 46.3 Å². The second-order valence-corrected chi connectivity index (χ2v) is 8.04. The Labute approximate surface area is 150 Å². The van der Waals surface area contributed by atoms with Gasteiger partial charge in [-0.2, -0.15) is 11.3 Å². The first-order valence-corrected chi connectivity index (χ1v) is 9.77. The summed E-state index contributed by atoms with van der Waals surface area (Å²) in [6, 6.07) is 9.02. The third-order valence-electron chi connectivity index (χ3n) is 5.17. The number of hydrogen-bond donors (Lipinski definition) is 1. The van der Waals surface area contributed by atoms with E-state index in [4.69, 9.17) is 27.9 Å². The van der Waals surface area contributed by atoms with Crippen molar-refractivity contribution in [3.63, 3.8) is 0 Å². The molecule has 2 aliphatic rings. The fourth-order valence-electron chi connectivity index (χ4n) is 4.02. The number of halogens is 2. The van der Waals surface area contributed by atoms with Gasteiger partial charge in [0.25, 0.3) is 0 Å². The lowest BCUT2D eigenvalue weighted by Gasteiger charge is -2.37. The molecule has 4 unspecified atom stereocenters. The zero-order valence-corrected chi connectivity index (χ0v) is 15.0. The second kappa shape index (κ2) is 6.64. The average molecular weight is 368 g/mol. The fourth-order valence-corrected chi connectivity index (χ4v) is 5.09. The third-order valence-corrected chi connectivity index (χ3v) is 6.67. The van der Waals surface area contributed by atoms with Crippen molar-refractivity contribution in [3.8, 4) is 5.75 Å². The number of hydrogen-bond acceptors (Lipinski definition) is 3. The standard InChI is InChI=1S/C18H19Cl2NOS/c19-15-2-1-3-17(18(15)20)22-9-14-13(11-6-7-23-10-11)8-12-4-5-16(14)21-12/h1-3,6-7,10,12-14,16,21H,4-5,8-9H2. The number of nitrogens with one attached hydrogen (secondary N) is 1. The van der Waals surface area contributed by atoms with Crippen LogP contribution in [0.15, 0.2) is 35.0 Å². The lowest BCUT2D eigenvalue weighted by atomic mass is 9.78. The molecule has 1 N–H and O–H groups in total. The maximum absolute atomic E-state index is 6.25. The van der Waals surface area contributed by atoms with Gasteiger partial charge in [-0.15, -0.1) is 0 Å². The third kappa shape index (κ3) is 3.12. The van der Waals surface area contributed by atoms with Crippen molar-refractivity contribution < 1.29 is 4.74 Å². The molecule has 2 aliphatic heterocycles. The Kier molecular flexibility index (Phi) is 4.55. The van der Waals surface area contributed by atoms with Crippen molar-refractivity contribution in [1.82, 2.24) is 5.32 Å². The Morgan fingerprint density at radius 2 is 2.13 bits per heavy atom. The summed E-state index contributed by atoms with van der Waals surface area (Å²) in [6.45, 7) is 0.672. The van der Waals surface area contributed by atoms with Crippen LogP contribution in [0.5, 0.6) is 5.75 Å². The molecule has 0 saturated carbocycles. The molecule has 1 aromatic heterocycles. The lowest BCUT2D eigenvalue weighted by molar-refractivity contribution is 0.159. The molecule has 2 aromatic rings. The summed E-state index contributed by atoms with van der Waals surface area (Å²) in [6.07, 6.45) is 3.72. The molecule has 4 atom stereocenters. The quantitative estimate of drug-likeness (QED) is 0.785. The number of ether oxygens (including phenoxy) is 1. The summed E-state index contributed by atoms with van der Waals surface area (Å²) >= 11 is 14.1. The summed E-state index contributed by atoms with van der Waals surface area (Å²) in [5, 5.41) is 9.27. The molecule has 3 heterocycles. The SMILES string of the molecule is Clc1cccc(OCC2C3CCC(CC2c2ccsc2)N3)c1Cl. The molecule has 0 spiro atoms. The van der Waals surface area contributed by atoms with Gasteiger partial charge in [-0.3, -0.25) is 0 Å². The Balaban J connectivity index is 1.54. The lowest BCUT2D eigenvalue weighted by Crippen LogP contribution is -2.46. The molecule has 0 amide bonds. The van der Waals surface area contributed by atoms with Gasteiger partial charge in [0.05, 0.1) is 11.6 Å². The van der Waals surface area contributed by atoms with E-state index in [0.717, 1.165) is 0 Å². The number of rotatable bonds is 4. The molecule has 4 rings (SSSR count).